The van der Waals surface area contributed by atoms with E-state index in [1.54, 1.807) is 11.6 Å². The molecule has 1 aromatic carbocycles. The maximum Gasteiger partial charge on any atom is 0.407 e. The van der Waals surface area contributed by atoms with Crippen molar-refractivity contribution in [1.82, 2.24) is 24.4 Å². The molecule has 4 heterocycles. The number of anilines is 1. The van der Waals surface area contributed by atoms with Crippen molar-refractivity contribution < 1.29 is 19.4 Å². The quantitative estimate of drug-likeness (QED) is 0.369. The Kier molecular flexibility index (Phi) is 6.70. The molecule has 13 heteroatoms. The highest BCUT2D eigenvalue weighted by molar-refractivity contribution is 7.12. The molecule has 38 heavy (non-hydrogen) atoms. The lowest BCUT2D eigenvalue weighted by Crippen LogP contribution is -2.54. The van der Waals surface area contributed by atoms with E-state index in [0.717, 1.165) is 0 Å². The minimum Gasteiger partial charge on any atom is -0.507 e. The summed E-state index contributed by atoms with van der Waals surface area (Å²) >= 11 is 7.87. The van der Waals surface area contributed by atoms with Gasteiger partial charge in [0.25, 0.3) is 0 Å². The highest BCUT2D eigenvalue weighted by atomic mass is 35.5. The van der Waals surface area contributed by atoms with Crippen molar-refractivity contribution >= 4 is 45.9 Å². The Morgan fingerprint density at radius 3 is 2.68 bits per heavy atom. The van der Waals surface area contributed by atoms with E-state index < -0.39 is 17.6 Å². The summed E-state index contributed by atoms with van der Waals surface area (Å²) in [6.07, 6.45) is -1.02. The molecule has 1 fully saturated rings. The number of piperazine rings is 1. The number of pyridine rings is 1. The zero-order valence-corrected chi connectivity index (χ0v) is 22.3. The average Bonchev–Trinajstić information content (AvgIpc) is 3.34. The van der Waals surface area contributed by atoms with E-state index in [0.29, 0.717) is 28.4 Å². The Balaban J connectivity index is 1.81. The number of phenols is 1. The third kappa shape index (κ3) is 4.33. The Hall–Kier alpha value is -3.77. The lowest BCUT2D eigenvalue weighted by Gasteiger charge is -2.39. The van der Waals surface area contributed by atoms with E-state index in [1.165, 1.54) is 39.0 Å². The van der Waals surface area contributed by atoms with Crippen LogP contribution in [0, 0.1) is 5.82 Å². The van der Waals surface area contributed by atoms with Crippen LogP contribution in [0.4, 0.5) is 15.0 Å². The van der Waals surface area contributed by atoms with Crippen LogP contribution < -0.4 is 10.6 Å². The summed E-state index contributed by atoms with van der Waals surface area (Å²) in [6, 6.07) is 5.14. The first kappa shape index (κ1) is 25.9. The number of hydrogen-bond acceptors (Lipinski definition) is 8. The van der Waals surface area contributed by atoms with Gasteiger partial charge in [0.2, 0.25) is 0 Å². The molecular formula is C25H24ClFN6O4S. The molecule has 1 atom stereocenters. The van der Waals surface area contributed by atoms with Gasteiger partial charge in [0.05, 0.1) is 32.9 Å². The smallest absolute Gasteiger partial charge is 0.407 e. The molecule has 0 spiro atoms. The zero-order valence-electron chi connectivity index (χ0n) is 20.7. The van der Waals surface area contributed by atoms with Gasteiger partial charge < -0.3 is 20.0 Å². The summed E-state index contributed by atoms with van der Waals surface area (Å²) in [6.45, 7) is 6.48. The van der Waals surface area contributed by atoms with Crippen LogP contribution in [-0.4, -0.2) is 66.4 Å². The molecule has 1 unspecified atom stereocenters. The second-order valence-electron chi connectivity index (χ2n) is 9.35. The number of carbonyl (C=O) groups is 1. The zero-order chi connectivity index (χ0) is 27.3. The van der Waals surface area contributed by atoms with E-state index in [4.69, 9.17) is 11.6 Å². The Morgan fingerprint density at radius 1 is 1.26 bits per heavy atom. The molecule has 5 rings (SSSR count). The van der Waals surface area contributed by atoms with Crippen LogP contribution in [0.15, 0.2) is 34.6 Å². The van der Waals surface area contributed by atoms with Gasteiger partial charge in [-0.1, -0.05) is 31.5 Å². The summed E-state index contributed by atoms with van der Waals surface area (Å²) < 4.78 is 16.2. The molecule has 198 valence electrons. The summed E-state index contributed by atoms with van der Waals surface area (Å²) in [4.78, 5) is 41.7. The second kappa shape index (κ2) is 9.84. The summed E-state index contributed by atoms with van der Waals surface area (Å²) in [5.74, 6) is -0.778. The third-order valence-electron chi connectivity index (χ3n) is 6.53. The number of phenolic OH excluding ortho intramolecular Hbond substituents is 1. The number of thiazole rings is 1. The molecule has 0 radical (unpaired) electrons. The van der Waals surface area contributed by atoms with E-state index >= 15 is 0 Å². The first-order chi connectivity index (χ1) is 18.1. The Labute approximate surface area is 225 Å². The van der Waals surface area contributed by atoms with E-state index in [2.05, 4.69) is 15.0 Å². The van der Waals surface area contributed by atoms with E-state index in [1.807, 2.05) is 25.7 Å². The normalized spacial score (nSPS) is 16.0. The van der Waals surface area contributed by atoms with Gasteiger partial charge in [-0.05, 0) is 31.0 Å². The van der Waals surface area contributed by atoms with Crippen LogP contribution >= 0.6 is 22.9 Å². The summed E-state index contributed by atoms with van der Waals surface area (Å²) in [5, 5.41) is 20.9. The molecule has 1 aliphatic rings. The first-order valence-electron chi connectivity index (χ1n) is 11.9. The Bertz CT molecular complexity index is 1600. The minimum absolute atomic E-state index is 0.00984. The molecule has 1 amide bonds. The number of carboxylic acid groups (broad SMARTS) is 1. The second-order valence-corrected chi connectivity index (χ2v) is 10.6. The van der Waals surface area contributed by atoms with Gasteiger partial charge in [-0.25, -0.2) is 28.5 Å². The van der Waals surface area contributed by atoms with Crippen LogP contribution in [-0.2, 0) is 0 Å². The average molecular weight is 559 g/mol. The fourth-order valence-corrected chi connectivity index (χ4v) is 5.88. The van der Waals surface area contributed by atoms with E-state index in [-0.39, 0.29) is 52.7 Å². The number of benzene rings is 1. The summed E-state index contributed by atoms with van der Waals surface area (Å²) in [7, 11) is 0. The fraction of sp³-hybridized carbons (Fsp3) is 0.320. The van der Waals surface area contributed by atoms with Gasteiger partial charge in [0.15, 0.2) is 5.65 Å². The Morgan fingerprint density at radius 2 is 2.03 bits per heavy atom. The first-order valence-corrected chi connectivity index (χ1v) is 13.1. The number of fused-ring (bicyclic) bond motifs is 1. The topological polar surface area (TPSA) is 125 Å². The van der Waals surface area contributed by atoms with Gasteiger partial charge in [0, 0.05) is 25.7 Å². The van der Waals surface area contributed by atoms with Gasteiger partial charge in [-0.2, -0.15) is 4.98 Å². The van der Waals surface area contributed by atoms with Crippen LogP contribution in [0.5, 0.6) is 5.75 Å². The van der Waals surface area contributed by atoms with Crippen molar-refractivity contribution in [2.24, 2.45) is 0 Å². The predicted molar refractivity (Wildman–Crippen MR) is 143 cm³/mol. The van der Waals surface area contributed by atoms with Crippen molar-refractivity contribution in [2.75, 3.05) is 24.5 Å². The number of halogens is 2. The summed E-state index contributed by atoms with van der Waals surface area (Å²) in [5.41, 5.74) is 1.63. The molecule has 2 N–H and O–H groups in total. The number of rotatable bonds is 4. The van der Waals surface area contributed by atoms with Gasteiger partial charge >= 0.3 is 11.8 Å². The molecule has 1 saturated heterocycles. The van der Waals surface area contributed by atoms with Crippen molar-refractivity contribution in [3.05, 3.63) is 56.8 Å². The minimum atomic E-state index is -1.02. The van der Waals surface area contributed by atoms with Gasteiger partial charge in [-0.3, -0.25) is 0 Å². The van der Waals surface area contributed by atoms with Gasteiger partial charge in [-0.15, -0.1) is 11.3 Å². The standard InChI is InChI=1S/C25H24ClFN6O4S/c1-12(2)19-23(38-11-28-19)33-22-14(9-15(26)20(29-22)18-16(27)5-4-6-17(18)34)21(30-24(33)35)32-8-7-31(25(36)37)10-13(32)3/h4-6,9,11-13,34H,7-8,10H2,1-3H3,(H,36,37). The van der Waals surface area contributed by atoms with Crippen LogP contribution in [0.1, 0.15) is 32.4 Å². The number of hydrogen-bond donors (Lipinski definition) is 2. The van der Waals surface area contributed by atoms with Crippen molar-refractivity contribution in [2.45, 2.75) is 32.7 Å². The molecular weight excluding hydrogens is 535 g/mol. The lowest BCUT2D eigenvalue weighted by atomic mass is 10.1. The van der Waals surface area contributed by atoms with E-state index in [9.17, 15) is 24.2 Å². The van der Waals surface area contributed by atoms with Crippen LogP contribution in [0.3, 0.4) is 0 Å². The molecule has 1 aliphatic heterocycles. The maximum absolute atomic E-state index is 14.9. The van der Waals surface area contributed by atoms with Crippen molar-refractivity contribution in [3.8, 4) is 22.0 Å². The maximum atomic E-state index is 14.9. The van der Waals surface area contributed by atoms with Crippen molar-refractivity contribution in [3.63, 3.8) is 0 Å². The number of aromatic hydroxyl groups is 1. The molecule has 3 aromatic heterocycles. The number of aromatic nitrogens is 4. The highest BCUT2D eigenvalue weighted by Gasteiger charge is 2.31. The largest absolute Gasteiger partial charge is 0.507 e. The van der Waals surface area contributed by atoms with Crippen LogP contribution in [0.2, 0.25) is 5.02 Å². The van der Waals surface area contributed by atoms with Gasteiger partial charge in [0.1, 0.15) is 22.4 Å². The predicted octanol–water partition coefficient (Wildman–Crippen LogP) is 4.71. The molecule has 0 bridgehead atoms. The highest BCUT2D eigenvalue weighted by Crippen LogP contribution is 2.39. The molecule has 0 saturated carbocycles. The third-order valence-corrected chi connectivity index (χ3v) is 7.64. The molecule has 10 nitrogen and oxygen atoms in total. The number of amides is 1. The lowest BCUT2D eigenvalue weighted by molar-refractivity contribution is 0.136. The monoisotopic (exact) mass is 558 g/mol. The molecule has 0 aliphatic carbocycles. The van der Waals surface area contributed by atoms with Crippen molar-refractivity contribution in [1.29, 1.82) is 0 Å². The number of nitrogens with zero attached hydrogens (tertiary/aromatic N) is 6. The SMILES string of the molecule is CC(C)c1ncsc1-n1c(=O)nc(N2CCN(C(=O)O)CC2C)c2cc(Cl)c(-c3c(O)cccc3F)nc21. The van der Waals surface area contributed by atoms with Crippen LogP contribution in [0.25, 0.3) is 27.3 Å². The molecule has 4 aromatic rings. The fourth-order valence-electron chi connectivity index (χ4n) is 4.69.